The van der Waals surface area contributed by atoms with Gasteiger partial charge in [-0.2, -0.15) is 0 Å². The van der Waals surface area contributed by atoms with Gasteiger partial charge in [0.15, 0.2) is 0 Å². The van der Waals surface area contributed by atoms with Gasteiger partial charge < -0.3 is 5.11 Å². The number of phenols is 1. The van der Waals surface area contributed by atoms with Crippen LogP contribution in [0.15, 0.2) is 24.3 Å². The normalized spacial score (nSPS) is 9.94. The van der Waals surface area contributed by atoms with E-state index in [2.05, 4.69) is 0 Å². The van der Waals surface area contributed by atoms with E-state index in [0.717, 1.165) is 22.8 Å². The van der Waals surface area contributed by atoms with Gasteiger partial charge >= 0.3 is 0 Å². The molecule has 0 saturated carbocycles. The molecule has 0 aliphatic carbocycles. The van der Waals surface area contributed by atoms with Crippen LogP contribution in [0.1, 0.15) is 31.9 Å². The molecule has 0 fully saturated rings. The quantitative estimate of drug-likeness (QED) is 0.765. The van der Waals surface area contributed by atoms with E-state index >= 15 is 0 Å². The number of aromatic hydroxyl groups is 1. The zero-order valence-corrected chi connectivity index (χ0v) is 10.8. The molecule has 0 aromatic heterocycles. The first kappa shape index (κ1) is 13.5. The number of phenolic OH excluding ortho intramolecular Hbond substituents is 1. The summed E-state index contributed by atoms with van der Waals surface area (Å²) in [5.41, 5.74) is 1.64. The van der Waals surface area contributed by atoms with Gasteiger partial charge in [-0.25, -0.2) is 4.39 Å². The minimum Gasteiger partial charge on any atom is -0.508 e. The first-order valence-electron chi connectivity index (χ1n) is 6.04. The molecule has 2 aromatic rings. The summed E-state index contributed by atoms with van der Waals surface area (Å²) in [6.45, 7) is 7.77. The molecule has 0 unspecified atom stereocenters. The molecule has 0 amide bonds. The Morgan fingerprint density at radius 3 is 2.41 bits per heavy atom. The van der Waals surface area contributed by atoms with E-state index in [0.29, 0.717) is 5.56 Å². The van der Waals surface area contributed by atoms with Gasteiger partial charge in [-0.15, -0.1) is 0 Å². The topological polar surface area (TPSA) is 20.2 Å². The Morgan fingerprint density at radius 2 is 1.82 bits per heavy atom. The molecule has 2 heteroatoms. The maximum atomic E-state index is 13.4. The van der Waals surface area contributed by atoms with Crippen molar-refractivity contribution in [3.63, 3.8) is 0 Å². The van der Waals surface area contributed by atoms with Gasteiger partial charge in [-0.3, -0.25) is 0 Å². The summed E-state index contributed by atoms with van der Waals surface area (Å²) in [7, 11) is 0. The maximum absolute atomic E-state index is 13.4. The minimum absolute atomic E-state index is 0.192. The van der Waals surface area contributed by atoms with Crippen molar-refractivity contribution in [3.8, 4) is 5.75 Å². The molecule has 0 spiro atoms. The molecule has 2 aromatic carbocycles. The molecule has 0 aliphatic rings. The third-order valence-electron chi connectivity index (χ3n) is 2.76. The number of hydrogen-bond donors (Lipinski definition) is 1. The van der Waals surface area contributed by atoms with Crippen LogP contribution in [0.3, 0.4) is 0 Å². The lowest BCUT2D eigenvalue weighted by molar-refractivity contribution is 0.475. The van der Waals surface area contributed by atoms with Crippen molar-refractivity contribution in [2.24, 2.45) is 0 Å². The van der Waals surface area contributed by atoms with Crippen molar-refractivity contribution in [2.75, 3.05) is 0 Å². The standard InChI is InChI=1S/C13H13FO.C2H6/c1-3-9-6-11(15)7-10-4-5-12(14)8(2)13(9)10;1-2/h4-7,15H,3H2,1-2H3;1-2H3. The van der Waals surface area contributed by atoms with Crippen LogP contribution < -0.4 is 0 Å². The molecule has 0 heterocycles. The molecule has 2 rings (SSSR count). The number of benzene rings is 2. The summed E-state index contributed by atoms with van der Waals surface area (Å²) in [6, 6.07) is 6.52. The SMILES string of the molecule is CC.CCc1cc(O)cc2ccc(F)c(C)c12. The molecule has 1 N–H and O–H groups in total. The van der Waals surface area contributed by atoms with Crippen molar-refractivity contribution in [1.29, 1.82) is 0 Å². The van der Waals surface area contributed by atoms with Crippen LogP contribution >= 0.6 is 0 Å². The summed E-state index contributed by atoms with van der Waals surface area (Å²) < 4.78 is 13.4. The molecular weight excluding hydrogens is 215 g/mol. The average molecular weight is 234 g/mol. The second kappa shape index (κ2) is 5.67. The second-order valence-electron chi connectivity index (χ2n) is 3.73. The first-order chi connectivity index (χ1) is 8.13. The maximum Gasteiger partial charge on any atom is 0.126 e. The van der Waals surface area contributed by atoms with Crippen LogP contribution in [0.25, 0.3) is 10.8 Å². The van der Waals surface area contributed by atoms with Gasteiger partial charge in [0.25, 0.3) is 0 Å². The van der Waals surface area contributed by atoms with E-state index in [-0.39, 0.29) is 11.6 Å². The highest BCUT2D eigenvalue weighted by molar-refractivity contribution is 5.90. The lowest BCUT2D eigenvalue weighted by Crippen LogP contribution is -1.90. The molecule has 0 radical (unpaired) electrons. The predicted octanol–water partition coefficient (Wildman–Crippen LogP) is 4.58. The Hall–Kier alpha value is -1.57. The fraction of sp³-hybridized carbons (Fsp3) is 0.333. The van der Waals surface area contributed by atoms with Gasteiger partial charge in [0.1, 0.15) is 11.6 Å². The van der Waals surface area contributed by atoms with E-state index in [4.69, 9.17) is 0 Å². The van der Waals surface area contributed by atoms with Gasteiger partial charge in [0.2, 0.25) is 0 Å². The Morgan fingerprint density at radius 1 is 1.18 bits per heavy atom. The van der Waals surface area contributed by atoms with E-state index in [1.54, 1.807) is 25.1 Å². The van der Waals surface area contributed by atoms with Crippen molar-refractivity contribution < 1.29 is 9.50 Å². The molecule has 0 saturated heterocycles. The molecule has 17 heavy (non-hydrogen) atoms. The number of fused-ring (bicyclic) bond motifs is 1. The van der Waals surface area contributed by atoms with Crippen LogP contribution in [0.5, 0.6) is 5.75 Å². The van der Waals surface area contributed by atoms with Gasteiger partial charge in [0.05, 0.1) is 0 Å². The predicted molar refractivity (Wildman–Crippen MR) is 71.0 cm³/mol. The summed E-state index contributed by atoms with van der Waals surface area (Å²) >= 11 is 0. The molecule has 0 bridgehead atoms. The smallest absolute Gasteiger partial charge is 0.126 e. The number of aryl methyl sites for hydroxylation is 2. The third-order valence-corrected chi connectivity index (χ3v) is 2.76. The molecule has 0 atom stereocenters. The molecule has 92 valence electrons. The summed E-state index contributed by atoms with van der Waals surface area (Å²) in [5.74, 6) is 0.0493. The van der Waals surface area contributed by atoms with Gasteiger partial charge in [0, 0.05) is 0 Å². The lowest BCUT2D eigenvalue weighted by atomic mass is 9.98. The van der Waals surface area contributed by atoms with Crippen molar-refractivity contribution in [3.05, 3.63) is 41.2 Å². The Kier molecular flexibility index (Phi) is 4.50. The number of halogens is 1. The van der Waals surface area contributed by atoms with Gasteiger partial charge in [-0.05, 0) is 53.4 Å². The van der Waals surface area contributed by atoms with Crippen molar-refractivity contribution in [2.45, 2.75) is 34.1 Å². The van der Waals surface area contributed by atoms with E-state index in [9.17, 15) is 9.50 Å². The fourth-order valence-electron chi connectivity index (χ4n) is 1.98. The minimum atomic E-state index is -0.192. The van der Waals surface area contributed by atoms with Gasteiger partial charge in [-0.1, -0.05) is 26.8 Å². The first-order valence-corrected chi connectivity index (χ1v) is 6.04. The largest absolute Gasteiger partial charge is 0.508 e. The lowest BCUT2D eigenvalue weighted by Gasteiger charge is -2.09. The highest BCUT2D eigenvalue weighted by Gasteiger charge is 2.08. The highest BCUT2D eigenvalue weighted by Crippen LogP contribution is 2.29. The van der Waals surface area contributed by atoms with Crippen LogP contribution in [0.2, 0.25) is 0 Å². The monoisotopic (exact) mass is 234 g/mol. The summed E-state index contributed by atoms with van der Waals surface area (Å²) in [6.07, 6.45) is 0.787. The summed E-state index contributed by atoms with van der Waals surface area (Å²) in [4.78, 5) is 0. The van der Waals surface area contributed by atoms with Crippen LogP contribution in [0, 0.1) is 12.7 Å². The van der Waals surface area contributed by atoms with E-state index < -0.39 is 0 Å². The van der Waals surface area contributed by atoms with E-state index in [1.165, 1.54) is 6.07 Å². The third kappa shape index (κ3) is 2.57. The van der Waals surface area contributed by atoms with Crippen LogP contribution in [-0.4, -0.2) is 5.11 Å². The molecule has 1 nitrogen and oxygen atoms in total. The van der Waals surface area contributed by atoms with Crippen molar-refractivity contribution >= 4 is 10.8 Å². The van der Waals surface area contributed by atoms with E-state index in [1.807, 2.05) is 20.8 Å². The fourth-order valence-corrected chi connectivity index (χ4v) is 1.98. The summed E-state index contributed by atoms with van der Waals surface area (Å²) in [5, 5.41) is 11.3. The zero-order chi connectivity index (χ0) is 13.0. The average Bonchev–Trinajstić information content (AvgIpc) is 2.35. The number of rotatable bonds is 1. The zero-order valence-electron chi connectivity index (χ0n) is 10.8. The Balaban J connectivity index is 0.000000686. The molecular formula is C15H19FO. The van der Waals surface area contributed by atoms with Crippen molar-refractivity contribution in [1.82, 2.24) is 0 Å². The Bertz CT molecular complexity index is 518. The molecule has 0 aliphatic heterocycles. The Labute approximate surface area is 102 Å². The number of hydrogen-bond acceptors (Lipinski definition) is 1. The van der Waals surface area contributed by atoms with Crippen LogP contribution in [0.4, 0.5) is 4.39 Å². The highest BCUT2D eigenvalue weighted by atomic mass is 19.1. The van der Waals surface area contributed by atoms with Crippen LogP contribution in [-0.2, 0) is 6.42 Å². The second-order valence-corrected chi connectivity index (χ2v) is 3.73.